The summed E-state index contributed by atoms with van der Waals surface area (Å²) in [7, 11) is 0. The molecular formula is C13H18O2S. The first-order valence-electron chi connectivity index (χ1n) is 5.83. The molecule has 0 unspecified atom stereocenters. The lowest BCUT2D eigenvalue weighted by Crippen LogP contribution is -2.20. The lowest BCUT2D eigenvalue weighted by atomic mass is 9.86. The minimum atomic E-state index is -0.712. The molecule has 1 heterocycles. The van der Waals surface area contributed by atoms with Crippen LogP contribution in [0.4, 0.5) is 0 Å². The number of thiophene rings is 1. The molecule has 2 rings (SSSR count). The maximum atomic E-state index is 10.8. The summed E-state index contributed by atoms with van der Waals surface area (Å²) in [6.07, 6.45) is 5.14. The minimum absolute atomic E-state index is 0.215. The zero-order valence-corrected chi connectivity index (χ0v) is 10.7. The summed E-state index contributed by atoms with van der Waals surface area (Å²) in [6, 6.07) is 2.24. The fourth-order valence-electron chi connectivity index (χ4n) is 2.29. The predicted molar refractivity (Wildman–Crippen MR) is 66.2 cm³/mol. The SMILES string of the molecule is CC(C)(CC(=O)O)c1cc2c(s1)CCCC2. The average molecular weight is 238 g/mol. The molecule has 1 aromatic heterocycles. The Bertz CT molecular complexity index is 381. The summed E-state index contributed by atoms with van der Waals surface area (Å²) in [6.45, 7) is 4.05. The van der Waals surface area contributed by atoms with E-state index in [1.807, 2.05) is 25.2 Å². The number of carbonyl (C=O) groups is 1. The van der Waals surface area contributed by atoms with E-state index in [1.165, 1.54) is 41.0 Å². The van der Waals surface area contributed by atoms with Crippen molar-refractivity contribution in [3.05, 3.63) is 21.4 Å². The number of hydrogen-bond acceptors (Lipinski definition) is 2. The number of aryl methyl sites for hydroxylation is 2. The largest absolute Gasteiger partial charge is 0.481 e. The van der Waals surface area contributed by atoms with Gasteiger partial charge in [0, 0.05) is 15.2 Å². The third-order valence-electron chi connectivity index (χ3n) is 3.26. The van der Waals surface area contributed by atoms with E-state index in [-0.39, 0.29) is 11.8 Å². The number of carboxylic acid groups (broad SMARTS) is 1. The van der Waals surface area contributed by atoms with E-state index in [1.54, 1.807) is 0 Å². The molecule has 2 nitrogen and oxygen atoms in total. The van der Waals surface area contributed by atoms with Crippen LogP contribution in [0.3, 0.4) is 0 Å². The summed E-state index contributed by atoms with van der Waals surface area (Å²) in [5.74, 6) is -0.712. The molecule has 1 aliphatic carbocycles. The molecule has 16 heavy (non-hydrogen) atoms. The molecule has 0 fully saturated rings. The molecule has 0 atom stereocenters. The topological polar surface area (TPSA) is 37.3 Å². The van der Waals surface area contributed by atoms with Crippen LogP contribution in [0.5, 0.6) is 0 Å². The molecule has 0 amide bonds. The Kier molecular flexibility index (Phi) is 3.06. The van der Waals surface area contributed by atoms with Gasteiger partial charge in [-0.2, -0.15) is 0 Å². The Hall–Kier alpha value is -0.830. The normalized spacial score (nSPS) is 15.9. The van der Waals surface area contributed by atoms with Gasteiger partial charge in [-0.1, -0.05) is 13.8 Å². The number of fused-ring (bicyclic) bond motifs is 1. The van der Waals surface area contributed by atoms with Crippen LogP contribution in [0.15, 0.2) is 6.07 Å². The average Bonchev–Trinajstić information content (AvgIpc) is 2.59. The van der Waals surface area contributed by atoms with E-state index in [0.29, 0.717) is 0 Å². The van der Waals surface area contributed by atoms with Crippen molar-refractivity contribution in [2.45, 2.75) is 51.4 Å². The molecule has 0 radical (unpaired) electrons. The van der Waals surface area contributed by atoms with E-state index in [2.05, 4.69) is 6.07 Å². The van der Waals surface area contributed by atoms with Gasteiger partial charge in [-0.05, 0) is 37.3 Å². The summed E-state index contributed by atoms with van der Waals surface area (Å²) in [5, 5.41) is 8.92. The third kappa shape index (κ3) is 2.29. The van der Waals surface area contributed by atoms with Crippen molar-refractivity contribution in [1.29, 1.82) is 0 Å². The summed E-state index contributed by atoms with van der Waals surface area (Å²) in [5.41, 5.74) is 1.23. The van der Waals surface area contributed by atoms with E-state index in [9.17, 15) is 4.79 Å². The van der Waals surface area contributed by atoms with Crippen LogP contribution in [0, 0.1) is 0 Å². The van der Waals surface area contributed by atoms with Gasteiger partial charge >= 0.3 is 5.97 Å². The predicted octanol–water partition coefficient (Wildman–Crippen LogP) is 3.38. The Morgan fingerprint density at radius 2 is 2.12 bits per heavy atom. The maximum absolute atomic E-state index is 10.8. The molecule has 0 bridgehead atoms. The highest BCUT2D eigenvalue weighted by molar-refractivity contribution is 7.12. The van der Waals surface area contributed by atoms with Gasteiger partial charge in [-0.15, -0.1) is 11.3 Å². The van der Waals surface area contributed by atoms with Gasteiger partial charge < -0.3 is 5.11 Å². The molecule has 88 valence electrons. The summed E-state index contributed by atoms with van der Waals surface area (Å²) < 4.78 is 0. The molecular weight excluding hydrogens is 220 g/mol. The zero-order valence-electron chi connectivity index (χ0n) is 9.88. The van der Waals surface area contributed by atoms with Gasteiger partial charge in [0.2, 0.25) is 0 Å². The Labute approximate surface area is 100 Å². The van der Waals surface area contributed by atoms with E-state index < -0.39 is 5.97 Å². The van der Waals surface area contributed by atoms with Crippen LogP contribution in [-0.2, 0) is 23.1 Å². The maximum Gasteiger partial charge on any atom is 0.304 e. The zero-order chi connectivity index (χ0) is 11.8. The van der Waals surface area contributed by atoms with Crippen LogP contribution in [0.1, 0.15) is 48.4 Å². The second-order valence-corrected chi connectivity index (χ2v) is 6.36. The van der Waals surface area contributed by atoms with Crippen molar-refractivity contribution >= 4 is 17.3 Å². The Balaban J connectivity index is 2.26. The van der Waals surface area contributed by atoms with Gasteiger partial charge in [0.15, 0.2) is 0 Å². The molecule has 1 aromatic rings. The number of aliphatic carboxylic acids is 1. The van der Waals surface area contributed by atoms with Crippen LogP contribution >= 0.6 is 11.3 Å². The number of hydrogen-bond donors (Lipinski definition) is 1. The van der Waals surface area contributed by atoms with Gasteiger partial charge in [0.1, 0.15) is 0 Å². The van der Waals surface area contributed by atoms with Crippen LogP contribution < -0.4 is 0 Å². The van der Waals surface area contributed by atoms with Gasteiger partial charge in [0.25, 0.3) is 0 Å². The molecule has 0 aliphatic heterocycles. The fourth-order valence-corrected chi connectivity index (χ4v) is 3.64. The lowest BCUT2D eigenvalue weighted by Gasteiger charge is -2.20. The molecule has 0 saturated heterocycles. The van der Waals surface area contributed by atoms with Crippen LogP contribution in [0.25, 0.3) is 0 Å². The fraction of sp³-hybridized carbons (Fsp3) is 0.615. The highest BCUT2D eigenvalue weighted by atomic mass is 32.1. The standard InChI is InChI=1S/C13H18O2S/c1-13(2,8-12(14)15)11-7-9-5-3-4-6-10(9)16-11/h7H,3-6,8H2,1-2H3,(H,14,15). The smallest absolute Gasteiger partial charge is 0.304 e. The first kappa shape index (κ1) is 11.6. The van der Waals surface area contributed by atoms with Crippen molar-refractivity contribution in [2.24, 2.45) is 0 Å². The van der Waals surface area contributed by atoms with Crippen molar-refractivity contribution in [2.75, 3.05) is 0 Å². The van der Waals surface area contributed by atoms with E-state index >= 15 is 0 Å². The van der Waals surface area contributed by atoms with E-state index in [4.69, 9.17) is 5.11 Å². The van der Waals surface area contributed by atoms with Gasteiger partial charge in [-0.3, -0.25) is 4.79 Å². The molecule has 0 saturated carbocycles. The van der Waals surface area contributed by atoms with Crippen molar-refractivity contribution in [3.8, 4) is 0 Å². The van der Waals surface area contributed by atoms with Crippen molar-refractivity contribution < 1.29 is 9.90 Å². The van der Waals surface area contributed by atoms with Crippen molar-refractivity contribution in [1.82, 2.24) is 0 Å². The Morgan fingerprint density at radius 3 is 2.75 bits per heavy atom. The molecule has 0 spiro atoms. The monoisotopic (exact) mass is 238 g/mol. The minimum Gasteiger partial charge on any atom is -0.481 e. The van der Waals surface area contributed by atoms with Crippen LogP contribution in [-0.4, -0.2) is 11.1 Å². The molecule has 3 heteroatoms. The van der Waals surface area contributed by atoms with Gasteiger partial charge in [0.05, 0.1) is 6.42 Å². The number of carboxylic acids is 1. The molecule has 0 aromatic carbocycles. The van der Waals surface area contributed by atoms with Crippen molar-refractivity contribution in [3.63, 3.8) is 0 Å². The molecule has 1 aliphatic rings. The first-order chi connectivity index (χ1) is 7.49. The highest BCUT2D eigenvalue weighted by Gasteiger charge is 2.27. The Morgan fingerprint density at radius 1 is 1.44 bits per heavy atom. The first-order valence-corrected chi connectivity index (χ1v) is 6.64. The molecule has 1 N–H and O–H groups in total. The second-order valence-electron chi connectivity index (χ2n) is 5.22. The van der Waals surface area contributed by atoms with Crippen LogP contribution in [0.2, 0.25) is 0 Å². The lowest BCUT2D eigenvalue weighted by molar-refractivity contribution is -0.138. The number of rotatable bonds is 3. The summed E-state index contributed by atoms with van der Waals surface area (Å²) >= 11 is 1.82. The third-order valence-corrected chi connectivity index (χ3v) is 4.86. The highest BCUT2D eigenvalue weighted by Crippen LogP contribution is 2.38. The quantitative estimate of drug-likeness (QED) is 0.876. The van der Waals surface area contributed by atoms with E-state index in [0.717, 1.165) is 0 Å². The second kappa shape index (κ2) is 4.21. The summed E-state index contributed by atoms with van der Waals surface area (Å²) in [4.78, 5) is 13.6. The van der Waals surface area contributed by atoms with Gasteiger partial charge in [-0.25, -0.2) is 0 Å².